The van der Waals surface area contributed by atoms with Crippen LogP contribution in [0.2, 0.25) is 0 Å². The average molecular weight is 375 g/mol. The minimum atomic E-state index is -0.682. The van der Waals surface area contributed by atoms with Gasteiger partial charge in [0.2, 0.25) is 5.91 Å². The molecule has 5 nitrogen and oxygen atoms in total. The van der Waals surface area contributed by atoms with Crippen LogP contribution in [0, 0.1) is 20.8 Å². The van der Waals surface area contributed by atoms with Gasteiger partial charge in [-0.05, 0) is 62.6 Å². The zero-order valence-corrected chi connectivity index (χ0v) is 16.7. The maximum absolute atomic E-state index is 12.9. The van der Waals surface area contributed by atoms with Crippen LogP contribution in [0.1, 0.15) is 36.1 Å². The molecule has 1 heterocycles. The van der Waals surface area contributed by atoms with E-state index in [1.54, 1.807) is 6.07 Å². The standard InChI is InChI=1S/C23H25N3O2/c1-5-21(23(28)24-18-8-6-7-15(2)13-18)26-22(27)12-11-20(25-26)19-14-16(3)9-10-17(19)4/h6-14,21H,5H2,1-4H3,(H,24,28)/t21-/m0/s1. The van der Waals surface area contributed by atoms with Gasteiger partial charge in [0.25, 0.3) is 5.56 Å². The number of rotatable bonds is 5. The number of carbonyl (C=O) groups excluding carboxylic acids is 1. The minimum Gasteiger partial charge on any atom is -0.324 e. The van der Waals surface area contributed by atoms with Crippen LogP contribution in [-0.2, 0) is 4.79 Å². The minimum absolute atomic E-state index is 0.249. The smallest absolute Gasteiger partial charge is 0.267 e. The third kappa shape index (κ3) is 4.19. The van der Waals surface area contributed by atoms with Crippen LogP contribution in [0.15, 0.2) is 59.4 Å². The lowest BCUT2D eigenvalue weighted by atomic mass is 10.0. The monoisotopic (exact) mass is 375 g/mol. The fourth-order valence-corrected chi connectivity index (χ4v) is 3.22. The topological polar surface area (TPSA) is 64.0 Å². The molecule has 28 heavy (non-hydrogen) atoms. The fraction of sp³-hybridized carbons (Fsp3) is 0.261. The highest BCUT2D eigenvalue weighted by atomic mass is 16.2. The number of nitrogens with zero attached hydrogens (tertiary/aromatic N) is 2. The highest BCUT2D eigenvalue weighted by Gasteiger charge is 2.22. The van der Waals surface area contributed by atoms with E-state index in [2.05, 4.69) is 10.4 Å². The van der Waals surface area contributed by atoms with Crippen molar-refractivity contribution in [1.29, 1.82) is 0 Å². The molecule has 0 aliphatic rings. The van der Waals surface area contributed by atoms with Gasteiger partial charge in [0.15, 0.2) is 0 Å². The molecule has 0 unspecified atom stereocenters. The predicted octanol–water partition coefficient (Wildman–Crippen LogP) is 4.43. The summed E-state index contributed by atoms with van der Waals surface area (Å²) in [6.45, 7) is 7.86. The van der Waals surface area contributed by atoms with Gasteiger partial charge in [-0.15, -0.1) is 0 Å². The highest BCUT2D eigenvalue weighted by Crippen LogP contribution is 2.23. The molecule has 0 bridgehead atoms. The van der Waals surface area contributed by atoms with Gasteiger partial charge in [-0.25, -0.2) is 4.68 Å². The molecule has 0 aliphatic carbocycles. The highest BCUT2D eigenvalue weighted by molar-refractivity contribution is 5.93. The van der Waals surface area contributed by atoms with Crippen LogP contribution in [-0.4, -0.2) is 15.7 Å². The van der Waals surface area contributed by atoms with Gasteiger partial charge in [0.05, 0.1) is 5.69 Å². The zero-order valence-electron chi connectivity index (χ0n) is 16.7. The molecule has 0 fully saturated rings. The lowest BCUT2D eigenvalue weighted by Gasteiger charge is -2.18. The molecule has 1 N–H and O–H groups in total. The normalized spacial score (nSPS) is 11.9. The van der Waals surface area contributed by atoms with Gasteiger partial charge in [-0.1, -0.05) is 36.8 Å². The molecule has 0 radical (unpaired) electrons. The molecule has 2 aromatic carbocycles. The summed E-state index contributed by atoms with van der Waals surface area (Å²) in [5.74, 6) is -0.249. The average Bonchev–Trinajstić information content (AvgIpc) is 2.66. The number of aryl methyl sites for hydroxylation is 3. The van der Waals surface area contributed by atoms with E-state index in [-0.39, 0.29) is 11.5 Å². The van der Waals surface area contributed by atoms with Crippen LogP contribution in [0.4, 0.5) is 5.69 Å². The van der Waals surface area contributed by atoms with Gasteiger partial charge in [0, 0.05) is 17.3 Å². The maximum atomic E-state index is 12.9. The fourth-order valence-electron chi connectivity index (χ4n) is 3.22. The first kappa shape index (κ1) is 19.5. The van der Waals surface area contributed by atoms with E-state index in [0.717, 1.165) is 22.3 Å². The SMILES string of the molecule is CC[C@@H](C(=O)Nc1cccc(C)c1)n1nc(-c2cc(C)ccc2C)ccc1=O. The van der Waals surface area contributed by atoms with Gasteiger partial charge < -0.3 is 5.32 Å². The Morgan fingerprint density at radius 2 is 1.79 bits per heavy atom. The molecule has 0 aliphatic heterocycles. The van der Waals surface area contributed by atoms with E-state index in [9.17, 15) is 9.59 Å². The summed E-state index contributed by atoms with van der Waals surface area (Å²) in [6, 6.07) is 16.2. The van der Waals surface area contributed by atoms with Crippen LogP contribution < -0.4 is 10.9 Å². The van der Waals surface area contributed by atoms with E-state index in [1.165, 1.54) is 10.7 Å². The Morgan fingerprint density at radius 1 is 1.04 bits per heavy atom. The predicted molar refractivity (Wildman–Crippen MR) is 113 cm³/mol. The summed E-state index contributed by atoms with van der Waals surface area (Å²) in [6.07, 6.45) is 0.459. The van der Waals surface area contributed by atoms with Crippen molar-refractivity contribution in [1.82, 2.24) is 9.78 Å². The number of hydrogen-bond acceptors (Lipinski definition) is 3. The van der Waals surface area contributed by atoms with Gasteiger partial charge in [-0.3, -0.25) is 9.59 Å². The molecular formula is C23H25N3O2. The van der Waals surface area contributed by atoms with Crippen molar-refractivity contribution in [3.05, 3.63) is 81.6 Å². The second kappa shape index (κ2) is 8.21. The van der Waals surface area contributed by atoms with Crippen molar-refractivity contribution < 1.29 is 4.79 Å². The van der Waals surface area contributed by atoms with Crippen molar-refractivity contribution >= 4 is 11.6 Å². The molecule has 1 aromatic heterocycles. The van der Waals surface area contributed by atoms with E-state index in [1.807, 2.05) is 70.2 Å². The Morgan fingerprint density at radius 3 is 2.50 bits per heavy atom. The second-order valence-corrected chi connectivity index (χ2v) is 7.10. The van der Waals surface area contributed by atoms with Crippen molar-refractivity contribution in [3.63, 3.8) is 0 Å². The van der Waals surface area contributed by atoms with Crippen molar-refractivity contribution in [2.75, 3.05) is 5.32 Å². The van der Waals surface area contributed by atoms with Crippen LogP contribution in [0.25, 0.3) is 11.3 Å². The summed E-state index contributed by atoms with van der Waals surface area (Å²) in [5, 5.41) is 7.44. The first-order valence-electron chi connectivity index (χ1n) is 9.44. The van der Waals surface area contributed by atoms with Gasteiger partial charge in [0.1, 0.15) is 6.04 Å². The first-order valence-corrected chi connectivity index (χ1v) is 9.44. The zero-order chi connectivity index (χ0) is 20.3. The molecular weight excluding hydrogens is 350 g/mol. The van der Waals surface area contributed by atoms with E-state index in [0.29, 0.717) is 17.8 Å². The number of benzene rings is 2. The number of hydrogen-bond donors (Lipinski definition) is 1. The Bertz CT molecular complexity index is 1070. The Hall–Kier alpha value is -3.21. The Balaban J connectivity index is 1.97. The van der Waals surface area contributed by atoms with E-state index >= 15 is 0 Å². The van der Waals surface area contributed by atoms with Crippen LogP contribution in [0.3, 0.4) is 0 Å². The molecule has 0 saturated carbocycles. The van der Waals surface area contributed by atoms with Crippen molar-refractivity contribution in [3.8, 4) is 11.3 Å². The largest absolute Gasteiger partial charge is 0.324 e. The summed E-state index contributed by atoms with van der Waals surface area (Å²) < 4.78 is 1.29. The quantitative estimate of drug-likeness (QED) is 0.718. The molecule has 1 amide bonds. The lowest BCUT2D eigenvalue weighted by molar-refractivity contribution is -0.119. The van der Waals surface area contributed by atoms with E-state index < -0.39 is 6.04 Å². The molecule has 3 rings (SSSR count). The van der Waals surface area contributed by atoms with Crippen molar-refractivity contribution in [2.45, 2.75) is 40.2 Å². The third-order valence-corrected chi connectivity index (χ3v) is 4.76. The molecule has 144 valence electrons. The summed E-state index contributed by atoms with van der Waals surface area (Å²) in [7, 11) is 0. The summed E-state index contributed by atoms with van der Waals surface area (Å²) >= 11 is 0. The number of carbonyl (C=O) groups is 1. The van der Waals surface area contributed by atoms with Crippen LogP contribution >= 0.6 is 0 Å². The van der Waals surface area contributed by atoms with Crippen LogP contribution in [0.5, 0.6) is 0 Å². The number of aromatic nitrogens is 2. The molecule has 0 saturated heterocycles. The Labute approximate surface area is 165 Å². The second-order valence-electron chi connectivity index (χ2n) is 7.10. The summed E-state index contributed by atoms with van der Waals surface area (Å²) in [5.41, 5.74) is 5.30. The van der Waals surface area contributed by atoms with Gasteiger partial charge in [-0.2, -0.15) is 5.10 Å². The third-order valence-electron chi connectivity index (χ3n) is 4.76. The molecule has 5 heteroatoms. The lowest BCUT2D eigenvalue weighted by Crippen LogP contribution is -2.34. The van der Waals surface area contributed by atoms with Crippen molar-refractivity contribution in [2.24, 2.45) is 0 Å². The number of nitrogens with one attached hydrogen (secondary N) is 1. The van der Waals surface area contributed by atoms with E-state index in [4.69, 9.17) is 0 Å². The summed E-state index contributed by atoms with van der Waals surface area (Å²) in [4.78, 5) is 25.4. The first-order chi connectivity index (χ1) is 13.4. The van der Waals surface area contributed by atoms with Gasteiger partial charge >= 0.3 is 0 Å². The number of anilines is 1. The number of amides is 1. The maximum Gasteiger partial charge on any atom is 0.267 e. The molecule has 0 spiro atoms. The molecule has 1 atom stereocenters. The Kier molecular flexibility index (Phi) is 5.73. The molecule has 3 aromatic rings.